The zero-order valence-corrected chi connectivity index (χ0v) is 8.00. The normalized spacial score (nSPS) is 15.6. The van der Waals surface area contributed by atoms with E-state index in [0.717, 1.165) is 0 Å². The summed E-state index contributed by atoms with van der Waals surface area (Å²) < 4.78 is 4.66. The fourth-order valence-corrected chi connectivity index (χ4v) is 1.20. The second-order valence-corrected chi connectivity index (χ2v) is 3.01. The number of ether oxygens (including phenoxy) is 1. The number of rotatable bonds is 4. The van der Waals surface area contributed by atoms with Gasteiger partial charge >= 0.3 is 6.03 Å². The second-order valence-electron chi connectivity index (χ2n) is 3.01. The van der Waals surface area contributed by atoms with Gasteiger partial charge in [0.1, 0.15) is 6.54 Å². The van der Waals surface area contributed by atoms with Gasteiger partial charge in [-0.15, -0.1) is 0 Å². The predicted octanol–water partition coefficient (Wildman–Crippen LogP) is -0.0579. The maximum Gasteiger partial charge on any atom is 0.324 e. The van der Waals surface area contributed by atoms with Gasteiger partial charge in [-0.3, -0.25) is 15.5 Å². The van der Waals surface area contributed by atoms with E-state index >= 15 is 0 Å². The van der Waals surface area contributed by atoms with Crippen LogP contribution in [0.2, 0.25) is 0 Å². The summed E-state index contributed by atoms with van der Waals surface area (Å²) in [6.07, 6.45) is 1.11. The maximum atomic E-state index is 11.0. The lowest BCUT2D eigenvalue weighted by atomic mass is 10.3. The number of amides is 3. The molecule has 78 valence electrons. The van der Waals surface area contributed by atoms with Gasteiger partial charge in [0.25, 0.3) is 0 Å². The van der Waals surface area contributed by atoms with E-state index in [0.29, 0.717) is 19.4 Å². The first-order valence-electron chi connectivity index (χ1n) is 4.33. The van der Waals surface area contributed by atoms with Crippen LogP contribution in [0.4, 0.5) is 4.79 Å². The summed E-state index contributed by atoms with van der Waals surface area (Å²) in [4.78, 5) is 23.2. The number of imide groups is 1. The topological polar surface area (TPSA) is 82.5 Å². The number of nitrogens with zero attached hydrogens (tertiary/aromatic N) is 1. The Kier molecular flexibility index (Phi) is 3.44. The molecule has 1 rings (SSSR count). The Morgan fingerprint density at radius 3 is 2.86 bits per heavy atom. The van der Waals surface area contributed by atoms with Gasteiger partial charge in [0, 0.05) is 13.0 Å². The zero-order chi connectivity index (χ0) is 10.6. The minimum Gasteiger partial charge on any atom is -0.484 e. The van der Waals surface area contributed by atoms with Crippen molar-refractivity contribution in [2.24, 2.45) is 0 Å². The van der Waals surface area contributed by atoms with Crippen molar-refractivity contribution in [3.63, 3.8) is 0 Å². The first kappa shape index (κ1) is 10.5. The summed E-state index contributed by atoms with van der Waals surface area (Å²) in [5.41, 5.74) is 0. The quantitative estimate of drug-likeness (QED) is 0.378. The van der Waals surface area contributed by atoms with Crippen LogP contribution < -0.4 is 5.32 Å². The van der Waals surface area contributed by atoms with Gasteiger partial charge < -0.3 is 9.64 Å². The molecule has 3 amide bonds. The molecule has 2 N–H and O–H groups in total. The largest absolute Gasteiger partial charge is 0.484 e. The Hall–Kier alpha value is -1.59. The fourth-order valence-electron chi connectivity index (χ4n) is 1.20. The van der Waals surface area contributed by atoms with Crippen LogP contribution in [0.1, 0.15) is 12.8 Å². The van der Waals surface area contributed by atoms with Crippen LogP contribution >= 0.6 is 0 Å². The van der Waals surface area contributed by atoms with Gasteiger partial charge in [-0.05, 0) is 6.42 Å². The highest BCUT2D eigenvalue weighted by Gasteiger charge is 2.25. The van der Waals surface area contributed by atoms with Gasteiger partial charge in [0.2, 0.25) is 5.91 Å². The second kappa shape index (κ2) is 4.59. The highest BCUT2D eigenvalue weighted by atomic mass is 16.5. The number of nitrogens with one attached hydrogen (secondary N) is 2. The summed E-state index contributed by atoms with van der Waals surface area (Å²) in [7, 11) is 1.44. The fraction of sp³-hybridized carbons (Fsp3) is 0.625. The molecule has 1 aliphatic rings. The lowest BCUT2D eigenvalue weighted by Gasteiger charge is -2.12. The van der Waals surface area contributed by atoms with Crippen molar-refractivity contribution in [2.45, 2.75) is 12.8 Å². The van der Waals surface area contributed by atoms with Crippen LogP contribution in [0, 0.1) is 5.41 Å². The minimum absolute atomic E-state index is 0.124. The van der Waals surface area contributed by atoms with Crippen molar-refractivity contribution in [1.82, 2.24) is 10.2 Å². The lowest BCUT2D eigenvalue weighted by Crippen LogP contribution is -2.29. The van der Waals surface area contributed by atoms with Gasteiger partial charge in [0.05, 0.1) is 7.11 Å². The number of carbonyl (C=O) groups excluding carboxylic acids is 2. The van der Waals surface area contributed by atoms with E-state index in [2.05, 4.69) is 10.1 Å². The molecule has 0 radical (unpaired) electrons. The molecule has 6 nitrogen and oxygen atoms in total. The molecule has 0 unspecified atom stereocenters. The maximum absolute atomic E-state index is 11.0. The van der Waals surface area contributed by atoms with E-state index in [-0.39, 0.29) is 24.4 Å². The number of carbonyl (C=O) groups is 2. The van der Waals surface area contributed by atoms with E-state index in [9.17, 15) is 9.59 Å². The third kappa shape index (κ3) is 2.72. The molecule has 0 atom stereocenters. The highest BCUT2D eigenvalue weighted by Crippen LogP contribution is 2.01. The number of methoxy groups -OCH3 is 1. The molecular formula is C8H13N3O3. The first-order chi connectivity index (χ1) is 6.63. The molecular weight excluding hydrogens is 186 g/mol. The van der Waals surface area contributed by atoms with Crippen molar-refractivity contribution < 1.29 is 14.3 Å². The Morgan fingerprint density at radius 2 is 2.36 bits per heavy atom. The van der Waals surface area contributed by atoms with Gasteiger partial charge in [-0.2, -0.15) is 0 Å². The molecule has 0 aromatic rings. The third-order valence-corrected chi connectivity index (χ3v) is 1.95. The third-order valence-electron chi connectivity index (χ3n) is 1.95. The average molecular weight is 199 g/mol. The van der Waals surface area contributed by atoms with E-state index in [1.54, 1.807) is 0 Å². The Bertz CT molecular complexity index is 265. The van der Waals surface area contributed by atoms with E-state index in [4.69, 9.17) is 5.41 Å². The summed E-state index contributed by atoms with van der Waals surface area (Å²) in [6, 6.07) is -0.348. The summed E-state index contributed by atoms with van der Waals surface area (Å²) in [6.45, 7) is 0.600. The molecule has 1 heterocycles. The van der Waals surface area contributed by atoms with Crippen LogP contribution in [-0.2, 0) is 9.53 Å². The van der Waals surface area contributed by atoms with Crippen LogP contribution in [-0.4, -0.2) is 42.9 Å². The van der Waals surface area contributed by atoms with Crippen molar-refractivity contribution in [3.05, 3.63) is 0 Å². The molecule has 1 fully saturated rings. The Morgan fingerprint density at radius 1 is 1.64 bits per heavy atom. The SMILES string of the molecule is COC(=N)CCCN1CC(=O)NC1=O. The summed E-state index contributed by atoms with van der Waals surface area (Å²) in [5, 5.41) is 9.38. The number of hydrogen-bond acceptors (Lipinski definition) is 4. The lowest BCUT2D eigenvalue weighted by molar-refractivity contribution is -0.118. The Labute approximate surface area is 81.7 Å². The van der Waals surface area contributed by atoms with Crippen LogP contribution in [0.15, 0.2) is 0 Å². The molecule has 14 heavy (non-hydrogen) atoms. The van der Waals surface area contributed by atoms with Crippen molar-refractivity contribution in [2.75, 3.05) is 20.2 Å². The van der Waals surface area contributed by atoms with Crippen LogP contribution in [0.5, 0.6) is 0 Å². The summed E-state index contributed by atoms with van der Waals surface area (Å²) in [5.74, 6) is -0.0762. The van der Waals surface area contributed by atoms with Gasteiger partial charge in [0.15, 0.2) is 5.90 Å². The standard InChI is InChI=1S/C8H13N3O3/c1-14-6(9)3-2-4-11-5-7(12)10-8(11)13/h9H,2-5H2,1H3,(H,10,12,13). The van der Waals surface area contributed by atoms with Crippen molar-refractivity contribution in [3.8, 4) is 0 Å². The minimum atomic E-state index is -0.348. The predicted molar refractivity (Wildman–Crippen MR) is 49.1 cm³/mol. The first-order valence-corrected chi connectivity index (χ1v) is 4.33. The van der Waals surface area contributed by atoms with Gasteiger partial charge in [-0.1, -0.05) is 0 Å². The Balaban J connectivity index is 2.22. The van der Waals surface area contributed by atoms with E-state index in [1.165, 1.54) is 12.0 Å². The van der Waals surface area contributed by atoms with Crippen LogP contribution in [0.25, 0.3) is 0 Å². The van der Waals surface area contributed by atoms with E-state index < -0.39 is 0 Å². The average Bonchev–Trinajstić information content (AvgIpc) is 2.45. The van der Waals surface area contributed by atoms with Gasteiger partial charge in [-0.25, -0.2) is 4.79 Å². The molecule has 0 aromatic heterocycles. The monoisotopic (exact) mass is 199 g/mol. The van der Waals surface area contributed by atoms with Crippen LogP contribution in [0.3, 0.4) is 0 Å². The molecule has 1 saturated heterocycles. The molecule has 0 aliphatic carbocycles. The molecule has 0 saturated carbocycles. The molecule has 0 bridgehead atoms. The molecule has 1 aliphatic heterocycles. The van der Waals surface area contributed by atoms with E-state index in [1.807, 2.05) is 0 Å². The number of urea groups is 1. The van der Waals surface area contributed by atoms with Crippen molar-refractivity contribution >= 4 is 17.8 Å². The molecule has 0 aromatic carbocycles. The number of hydrogen-bond donors (Lipinski definition) is 2. The smallest absolute Gasteiger partial charge is 0.324 e. The zero-order valence-electron chi connectivity index (χ0n) is 8.00. The molecule has 0 spiro atoms. The van der Waals surface area contributed by atoms with Crippen molar-refractivity contribution in [1.29, 1.82) is 5.41 Å². The highest BCUT2D eigenvalue weighted by molar-refractivity contribution is 6.01. The summed E-state index contributed by atoms with van der Waals surface area (Å²) >= 11 is 0. The molecule has 6 heteroatoms.